The quantitative estimate of drug-likeness (QED) is 0.858. The molecule has 0 aliphatic rings. The van der Waals surface area contributed by atoms with Crippen LogP contribution >= 0.6 is 0 Å². The second-order valence-electron chi connectivity index (χ2n) is 6.27. The topological polar surface area (TPSA) is 38.3 Å². The lowest BCUT2D eigenvalue weighted by molar-refractivity contribution is -0.122. The van der Waals surface area contributed by atoms with Gasteiger partial charge < -0.3 is 10.1 Å². The van der Waals surface area contributed by atoms with E-state index in [0.29, 0.717) is 11.7 Å². The van der Waals surface area contributed by atoms with E-state index < -0.39 is 6.10 Å². The Hall–Kier alpha value is -2.29. The van der Waals surface area contributed by atoms with E-state index in [-0.39, 0.29) is 5.91 Å². The lowest BCUT2D eigenvalue weighted by Gasteiger charge is -2.16. The first-order chi connectivity index (χ1) is 10.9. The lowest BCUT2D eigenvalue weighted by atomic mass is 10.0. The second kappa shape index (κ2) is 7.32. The molecule has 0 aromatic heterocycles. The average molecular weight is 311 g/mol. The minimum atomic E-state index is -0.554. The Kier molecular flexibility index (Phi) is 5.43. The maximum absolute atomic E-state index is 12.3. The zero-order valence-corrected chi connectivity index (χ0v) is 14.5. The summed E-state index contributed by atoms with van der Waals surface area (Å²) in [7, 11) is 0. The SMILES string of the molecule is Cc1ccc(NC(=O)C(C)Oc2ccc(C(C)C)cc2)cc1C. The van der Waals surface area contributed by atoms with Crippen molar-refractivity contribution in [2.75, 3.05) is 5.32 Å². The van der Waals surface area contributed by atoms with Crippen molar-refractivity contribution < 1.29 is 9.53 Å². The highest BCUT2D eigenvalue weighted by Gasteiger charge is 2.15. The fraction of sp³-hybridized carbons (Fsp3) is 0.350. The summed E-state index contributed by atoms with van der Waals surface area (Å²) in [5.74, 6) is 1.04. The van der Waals surface area contributed by atoms with Gasteiger partial charge in [-0.25, -0.2) is 0 Å². The van der Waals surface area contributed by atoms with E-state index >= 15 is 0 Å². The number of rotatable bonds is 5. The van der Waals surface area contributed by atoms with Crippen LogP contribution in [0.3, 0.4) is 0 Å². The van der Waals surface area contributed by atoms with Crippen molar-refractivity contribution >= 4 is 11.6 Å². The number of carbonyl (C=O) groups is 1. The fourth-order valence-corrected chi connectivity index (χ4v) is 2.25. The zero-order valence-electron chi connectivity index (χ0n) is 14.5. The summed E-state index contributed by atoms with van der Waals surface area (Å²) in [4.78, 5) is 12.3. The molecule has 0 aliphatic carbocycles. The van der Waals surface area contributed by atoms with Crippen molar-refractivity contribution in [2.24, 2.45) is 0 Å². The largest absolute Gasteiger partial charge is 0.481 e. The molecule has 0 aliphatic heterocycles. The number of anilines is 1. The van der Waals surface area contributed by atoms with Crippen LogP contribution < -0.4 is 10.1 Å². The van der Waals surface area contributed by atoms with Gasteiger partial charge in [-0.3, -0.25) is 4.79 Å². The summed E-state index contributed by atoms with van der Waals surface area (Å²) in [5.41, 5.74) is 4.41. The highest BCUT2D eigenvalue weighted by atomic mass is 16.5. The first-order valence-electron chi connectivity index (χ1n) is 8.01. The number of ether oxygens (including phenoxy) is 1. The molecule has 2 aromatic rings. The van der Waals surface area contributed by atoms with E-state index in [0.717, 1.165) is 11.3 Å². The van der Waals surface area contributed by atoms with Crippen LogP contribution in [-0.4, -0.2) is 12.0 Å². The van der Waals surface area contributed by atoms with Crippen molar-refractivity contribution in [1.29, 1.82) is 0 Å². The van der Waals surface area contributed by atoms with Gasteiger partial charge in [-0.05, 0) is 67.6 Å². The normalized spacial score (nSPS) is 12.1. The summed E-state index contributed by atoms with van der Waals surface area (Å²) >= 11 is 0. The highest BCUT2D eigenvalue weighted by molar-refractivity contribution is 5.94. The van der Waals surface area contributed by atoms with Crippen LogP contribution in [0.5, 0.6) is 5.75 Å². The standard InChI is InChI=1S/C20H25NO2/c1-13(2)17-7-10-19(11-8-17)23-16(5)20(22)21-18-9-6-14(3)15(4)12-18/h6-13,16H,1-5H3,(H,21,22). The fourth-order valence-electron chi connectivity index (χ4n) is 2.25. The maximum Gasteiger partial charge on any atom is 0.265 e. The van der Waals surface area contributed by atoms with E-state index in [1.165, 1.54) is 11.1 Å². The summed E-state index contributed by atoms with van der Waals surface area (Å²) in [6.45, 7) is 10.1. The monoisotopic (exact) mass is 311 g/mol. The molecular weight excluding hydrogens is 286 g/mol. The summed E-state index contributed by atoms with van der Waals surface area (Å²) < 4.78 is 5.72. The van der Waals surface area contributed by atoms with Crippen LogP contribution in [0.1, 0.15) is 43.4 Å². The Morgan fingerprint density at radius 3 is 2.17 bits per heavy atom. The second-order valence-corrected chi connectivity index (χ2v) is 6.27. The van der Waals surface area contributed by atoms with E-state index in [2.05, 4.69) is 19.2 Å². The molecule has 122 valence electrons. The van der Waals surface area contributed by atoms with Gasteiger partial charge >= 0.3 is 0 Å². The molecule has 0 radical (unpaired) electrons. The molecule has 1 amide bonds. The highest BCUT2D eigenvalue weighted by Crippen LogP contribution is 2.20. The number of amides is 1. The Bertz CT molecular complexity index is 675. The maximum atomic E-state index is 12.3. The van der Waals surface area contributed by atoms with Gasteiger partial charge in [0.15, 0.2) is 6.10 Å². The molecular formula is C20H25NO2. The van der Waals surface area contributed by atoms with Crippen LogP contribution in [0.2, 0.25) is 0 Å². The van der Waals surface area contributed by atoms with Gasteiger partial charge in [0, 0.05) is 5.69 Å². The van der Waals surface area contributed by atoms with Gasteiger partial charge in [-0.2, -0.15) is 0 Å². The number of nitrogens with one attached hydrogen (secondary N) is 1. The molecule has 0 heterocycles. The third-order valence-electron chi connectivity index (χ3n) is 4.00. The first-order valence-corrected chi connectivity index (χ1v) is 8.01. The molecule has 0 bridgehead atoms. The predicted octanol–water partition coefficient (Wildman–Crippen LogP) is 4.83. The van der Waals surface area contributed by atoms with Crippen molar-refractivity contribution in [3.05, 3.63) is 59.2 Å². The Morgan fingerprint density at radius 1 is 0.957 bits per heavy atom. The van der Waals surface area contributed by atoms with Gasteiger partial charge in [0.1, 0.15) is 5.75 Å². The van der Waals surface area contributed by atoms with Crippen LogP contribution in [0.4, 0.5) is 5.69 Å². The summed E-state index contributed by atoms with van der Waals surface area (Å²) in [6.07, 6.45) is -0.554. The predicted molar refractivity (Wildman–Crippen MR) is 95.2 cm³/mol. The first kappa shape index (κ1) is 17.1. The third-order valence-corrected chi connectivity index (χ3v) is 4.00. The van der Waals surface area contributed by atoms with Crippen LogP contribution in [0.15, 0.2) is 42.5 Å². The number of carbonyl (C=O) groups excluding carboxylic acids is 1. The summed E-state index contributed by atoms with van der Waals surface area (Å²) in [6, 6.07) is 13.8. The average Bonchev–Trinajstić information content (AvgIpc) is 2.51. The molecule has 1 N–H and O–H groups in total. The van der Waals surface area contributed by atoms with Crippen LogP contribution in [0, 0.1) is 13.8 Å². The minimum Gasteiger partial charge on any atom is -0.481 e. The molecule has 0 saturated carbocycles. The van der Waals surface area contributed by atoms with Crippen LogP contribution in [-0.2, 0) is 4.79 Å². The molecule has 2 aromatic carbocycles. The Morgan fingerprint density at radius 2 is 1.61 bits per heavy atom. The van der Waals surface area contributed by atoms with Crippen molar-refractivity contribution in [3.8, 4) is 5.75 Å². The van der Waals surface area contributed by atoms with Crippen molar-refractivity contribution in [2.45, 2.75) is 46.6 Å². The Labute approximate surface area is 138 Å². The van der Waals surface area contributed by atoms with Gasteiger partial charge in [-0.15, -0.1) is 0 Å². The molecule has 2 rings (SSSR count). The zero-order chi connectivity index (χ0) is 17.0. The molecule has 23 heavy (non-hydrogen) atoms. The van der Waals surface area contributed by atoms with Crippen molar-refractivity contribution in [1.82, 2.24) is 0 Å². The van der Waals surface area contributed by atoms with E-state index in [1.807, 2.05) is 56.3 Å². The molecule has 0 spiro atoms. The van der Waals surface area contributed by atoms with E-state index in [4.69, 9.17) is 4.74 Å². The van der Waals surface area contributed by atoms with Gasteiger partial charge in [0.2, 0.25) is 0 Å². The Balaban J connectivity index is 1.97. The molecule has 0 saturated heterocycles. The van der Waals surface area contributed by atoms with Crippen molar-refractivity contribution in [3.63, 3.8) is 0 Å². The molecule has 3 heteroatoms. The van der Waals surface area contributed by atoms with Gasteiger partial charge in [0.05, 0.1) is 0 Å². The smallest absolute Gasteiger partial charge is 0.265 e. The van der Waals surface area contributed by atoms with E-state index in [1.54, 1.807) is 6.92 Å². The number of hydrogen-bond donors (Lipinski definition) is 1. The van der Waals surface area contributed by atoms with Gasteiger partial charge in [0.25, 0.3) is 5.91 Å². The third kappa shape index (κ3) is 4.59. The number of benzene rings is 2. The minimum absolute atomic E-state index is 0.152. The number of hydrogen-bond acceptors (Lipinski definition) is 2. The summed E-state index contributed by atoms with van der Waals surface area (Å²) in [5, 5.41) is 2.90. The number of aryl methyl sites for hydroxylation is 2. The van der Waals surface area contributed by atoms with E-state index in [9.17, 15) is 4.79 Å². The lowest BCUT2D eigenvalue weighted by Crippen LogP contribution is -2.30. The molecule has 3 nitrogen and oxygen atoms in total. The molecule has 1 unspecified atom stereocenters. The van der Waals surface area contributed by atoms with Gasteiger partial charge in [-0.1, -0.05) is 32.0 Å². The molecule has 1 atom stereocenters. The molecule has 0 fully saturated rings. The van der Waals surface area contributed by atoms with Crippen LogP contribution in [0.25, 0.3) is 0 Å².